The van der Waals surface area contributed by atoms with E-state index in [1.165, 1.54) is 121 Å². The summed E-state index contributed by atoms with van der Waals surface area (Å²) in [6.45, 7) is 2.29. The molecular weight excluding hydrogens is 1200 g/mol. The van der Waals surface area contributed by atoms with E-state index >= 15 is 0 Å². The molecule has 2 heterocycles. The highest BCUT2D eigenvalue weighted by atomic mass is 15.0. The van der Waals surface area contributed by atoms with Gasteiger partial charge in [0.15, 0.2) is 34.9 Å². The summed E-state index contributed by atoms with van der Waals surface area (Å²) in [5.41, 5.74) is 23.3. The Kier molecular flexibility index (Phi) is 11.1. The second-order valence-corrected chi connectivity index (χ2v) is 27.5. The quantitative estimate of drug-likeness (QED) is 0.148. The minimum atomic E-state index is -0.627. The van der Waals surface area contributed by atoms with Crippen molar-refractivity contribution in [2.24, 2.45) is 11.8 Å². The summed E-state index contributed by atoms with van der Waals surface area (Å²) < 4.78 is 0. The van der Waals surface area contributed by atoms with Crippen LogP contribution in [0.15, 0.2) is 315 Å². The van der Waals surface area contributed by atoms with Crippen molar-refractivity contribution in [3.05, 3.63) is 365 Å². The highest BCUT2D eigenvalue weighted by molar-refractivity contribution is 6.22. The summed E-state index contributed by atoms with van der Waals surface area (Å²) >= 11 is 0. The van der Waals surface area contributed by atoms with Gasteiger partial charge in [-0.05, 0) is 161 Å². The summed E-state index contributed by atoms with van der Waals surface area (Å²) in [5, 5.41) is 12.5. The van der Waals surface area contributed by atoms with Crippen molar-refractivity contribution in [3.8, 4) is 90.3 Å². The van der Waals surface area contributed by atoms with Crippen LogP contribution in [-0.4, -0.2) is 29.9 Å². The fourth-order valence-corrected chi connectivity index (χ4v) is 18.4. The van der Waals surface area contributed by atoms with Gasteiger partial charge in [0, 0.05) is 39.3 Å². The van der Waals surface area contributed by atoms with Crippen LogP contribution in [0.5, 0.6) is 0 Å². The molecule has 2 aromatic heterocycles. The summed E-state index contributed by atoms with van der Waals surface area (Å²) in [5.74, 6) is 4.38. The van der Waals surface area contributed by atoms with Crippen molar-refractivity contribution in [1.82, 2.24) is 29.9 Å². The van der Waals surface area contributed by atoms with Crippen LogP contribution in [0.3, 0.4) is 0 Å². The third-order valence-corrected chi connectivity index (χ3v) is 22.6. The molecule has 6 nitrogen and oxygen atoms in total. The maximum Gasteiger partial charge on any atom is 0.164 e. The van der Waals surface area contributed by atoms with Gasteiger partial charge in [-0.2, -0.15) is 0 Å². The second-order valence-electron chi connectivity index (χ2n) is 27.5. The van der Waals surface area contributed by atoms with Gasteiger partial charge < -0.3 is 0 Å². The Bertz CT molecular complexity index is 6390. The van der Waals surface area contributed by atoms with Crippen molar-refractivity contribution in [3.63, 3.8) is 0 Å². The maximum atomic E-state index is 5.48. The van der Waals surface area contributed by atoms with Crippen LogP contribution in [0.1, 0.15) is 57.3 Å². The Morgan fingerprint density at radius 2 is 0.778 bits per heavy atom. The fourth-order valence-electron chi connectivity index (χ4n) is 18.4. The van der Waals surface area contributed by atoms with Crippen molar-refractivity contribution >= 4 is 59.4 Å². The van der Waals surface area contributed by atoms with Crippen molar-refractivity contribution in [2.75, 3.05) is 0 Å². The van der Waals surface area contributed by atoms with Crippen molar-refractivity contribution in [1.29, 1.82) is 0 Å². The lowest BCUT2D eigenvalue weighted by molar-refractivity contribution is 0.584. The third kappa shape index (κ3) is 7.44. The van der Waals surface area contributed by atoms with Crippen LogP contribution in [0, 0.1) is 11.8 Å². The van der Waals surface area contributed by atoms with Crippen LogP contribution in [-0.2, 0) is 10.8 Å². The van der Waals surface area contributed by atoms with Gasteiger partial charge in [-0.15, -0.1) is 0 Å². The van der Waals surface area contributed by atoms with E-state index in [0.717, 1.165) is 49.9 Å². The van der Waals surface area contributed by atoms with E-state index in [1.54, 1.807) is 0 Å². The number of nitrogens with zero attached hydrogens (tertiary/aromatic N) is 6. The lowest BCUT2D eigenvalue weighted by atomic mass is 9.70. The normalized spacial score (nSPS) is 17.3. The number of aromatic nitrogens is 6. The molecule has 3 atom stereocenters. The van der Waals surface area contributed by atoms with Crippen LogP contribution < -0.4 is 0 Å². The van der Waals surface area contributed by atoms with Gasteiger partial charge in [0.25, 0.3) is 0 Å². The number of hydrogen-bond donors (Lipinski definition) is 0. The number of hydrogen-bond acceptors (Lipinski definition) is 6. The molecule has 16 aromatic rings. The average molecular weight is 1260 g/mol. The number of rotatable bonds is 7. The molecule has 0 N–H and O–H groups in total. The molecule has 2 spiro atoms. The Morgan fingerprint density at radius 1 is 0.293 bits per heavy atom. The first kappa shape index (κ1) is 54.6. The Balaban J connectivity index is 0.680. The molecule has 6 aliphatic carbocycles. The lowest BCUT2D eigenvalue weighted by Gasteiger charge is -2.31. The van der Waals surface area contributed by atoms with Gasteiger partial charge >= 0.3 is 0 Å². The maximum absolute atomic E-state index is 5.48. The van der Waals surface area contributed by atoms with E-state index in [4.69, 9.17) is 29.9 Å². The van der Waals surface area contributed by atoms with Crippen LogP contribution >= 0.6 is 0 Å². The van der Waals surface area contributed by atoms with Gasteiger partial charge in [0.05, 0.1) is 10.8 Å². The van der Waals surface area contributed by atoms with E-state index in [1.807, 2.05) is 18.2 Å². The summed E-state index contributed by atoms with van der Waals surface area (Å²) in [6.07, 6.45) is 13.5. The smallest absolute Gasteiger partial charge is 0.164 e. The lowest BCUT2D eigenvalue weighted by Crippen LogP contribution is -2.26. The molecule has 0 amide bonds. The SMILES string of the molecule is CC1C=CC=C2C=CC(c3nc(-c4ccc(-c5cc6cccc7c6c6c(cccc56)C75c6ccccc6-c6c(-c7nc(-c8ccccc8)nc(-c8ccc9ccccc9c8)n7)cccc65)cc4)nc(-c4ccc5c(c4)-c4ccccc4C54c5cccc6ccc7cccc4c7c56)n3)=CC21. The number of fused-ring (bicyclic) bond motifs is 16. The highest BCUT2D eigenvalue weighted by Gasteiger charge is 2.53. The molecule has 3 unspecified atom stereocenters. The molecule has 0 radical (unpaired) electrons. The Labute approximate surface area is 571 Å². The predicted octanol–water partition coefficient (Wildman–Crippen LogP) is 21.9. The Hall–Kier alpha value is -12.6. The first-order valence-electron chi connectivity index (χ1n) is 34.4. The highest BCUT2D eigenvalue weighted by Crippen LogP contribution is 2.66. The molecule has 0 saturated heterocycles. The van der Waals surface area contributed by atoms with Gasteiger partial charge in [0.1, 0.15) is 0 Å². The van der Waals surface area contributed by atoms with E-state index in [-0.39, 0.29) is 5.92 Å². The molecule has 458 valence electrons. The van der Waals surface area contributed by atoms with E-state index < -0.39 is 10.8 Å². The zero-order valence-electron chi connectivity index (χ0n) is 53.8. The minimum absolute atomic E-state index is 0.219. The summed E-state index contributed by atoms with van der Waals surface area (Å²) in [4.78, 5) is 32.3. The standard InChI is InChI=1S/C93H56N6/c1-53-17-11-22-55-40-46-64(51-70(53)55)89-95-87(96-90(97-89)65-47-48-75-72(52-65)66-26-7-9-30-73(66)92(75)76-32-12-23-57-41-42-58-24-13-33-77(92)82(58)81(57)76)60-43-38-56(39-44-60)71-50-62-25-14-34-78-83(62)85-67(71)28-15-36-80(85)93(78)74-31-10-8-27-68(74)84-69(29-16-35-79(84)93)91-98-86(59-19-3-2-4-20-59)94-88(99-91)63-45-37-54-18-5-6-21-61(54)49-63/h2-53,70H,1H3. The second kappa shape index (κ2) is 20.2. The van der Waals surface area contributed by atoms with E-state index in [9.17, 15) is 0 Å². The van der Waals surface area contributed by atoms with Gasteiger partial charge in [0.2, 0.25) is 0 Å². The largest absolute Gasteiger partial charge is 0.208 e. The molecule has 0 fully saturated rings. The average Bonchev–Trinajstić information content (AvgIpc) is 1.51. The molecule has 22 rings (SSSR count). The summed E-state index contributed by atoms with van der Waals surface area (Å²) in [6, 6.07) is 101. The van der Waals surface area contributed by atoms with Crippen molar-refractivity contribution < 1.29 is 0 Å². The molecule has 6 heteroatoms. The monoisotopic (exact) mass is 1260 g/mol. The van der Waals surface area contributed by atoms with Gasteiger partial charge in [-0.1, -0.05) is 298 Å². The number of allylic oxidation sites excluding steroid dienone is 8. The molecule has 14 aromatic carbocycles. The zero-order chi connectivity index (χ0) is 64.8. The summed E-state index contributed by atoms with van der Waals surface area (Å²) in [7, 11) is 0. The molecule has 6 aliphatic rings. The first-order chi connectivity index (χ1) is 48.9. The molecule has 0 saturated carbocycles. The predicted molar refractivity (Wildman–Crippen MR) is 402 cm³/mol. The van der Waals surface area contributed by atoms with Gasteiger partial charge in [-0.3, -0.25) is 0 Å². The molecule has 0 aliphatic heterocycles. The van der Waals surface area contributed by atoms with Crippen LogP contribution in [0.4, 0.5) is 0 Å². The minimum Gasteiger partial charge on any atom is -0.208 e. The molecule has 0 bridgehead atoms. The Morgan fingerprint density at radius 3 is 1.53 bits per heavy atom. The third-order valence-electron chi connectivity index (χ3n) is 22.6. The van der Waals surface area contributed by atoms with Crippen LogP contribution in [0.2, 0.25) is 0 Å². The van der Waals surface area contributed by atoms with E-state index in [0.29, 0.717) is 40.9 Å². The first-order valence-corrected chi connectivity index (χ1v) is 34.4. The van der Waals surface area contributed by atoms with Gasteiger partial charge in [-0.25, -0.2) is 29.9 Å². The fraction of sp³-hybridized carbons (Fsp3) is 0.0538. The molecular formula is C93H56N6. The van der Waals surface area contributed by atoms with Crippen molar-refractivity contribution in [2.45, 2.75) is 17.8 Å². The number of benzene rings is 14. The molecule has 99 heavy (non-hydrogen) atoms. The topological polar surface area (TPSA) is 77.3 Å². The zero-order valence-corrected chi connectivity index (χ0v) is 53.8. The van der Waals surface area contributed by atoms with E-state index in [2.05, 4.69) is 298 Å². The van der Waals surface area contributed by atoms with Crippen LogP contribution in [0.25, 0.3) is 150 Å².